The highest BCUT2D eigenvalue weighted by molar-refractivity contribution is 6.39. The van der Waals surface area contributed by atoms with Crippen LogP contribution in [0.3, 0.4) is 0 Å². The molecule has 0 unspecified atom stereocenters. The normalized spacial score (nSPS) is 9.80. The van der Waals surface area contributed by atoms with E-state index >= 15 is 0 Å². The van der Waals surface area contributed by atoms with Crippen LogP contribution in [0.5, 0.6) is 5.75 Å². The minimum Gasteiger partial charge on any atom is -0.508 e. The second kappa shape index (κ2) is 6.38. The lowest BCUT2D eigenvalue weighted by Crippen LogP contribution is -2.34. The van der Waals surface area contributed by atoms with Crippen LogP contribution in [-0.4, -0.2) is 16.9 Å². The van der Waals surface area contributed by atoms with Crippen molar-refractivity contribution >= 4 is 17.5 Å². The summed E-state index contributed by atoms with van der Waals surface area (Å²) in [6, 6.07) is 15.2. The Bertz CT molecular complexity index is 594. The molecule has 0 aliphatic heterocycles. The van der Waals surface area contributed by atoms with Crippen molar-refractivity contribution in [2.24, 2.45) is 0 Å². The first kappa shape index (κ1) is 13.6. The van der Waals surface area contributed by atoms with Gasteiger partial charge in [0.25, 0.3) is 0 Å². The lowest BCUT2D eigenvalue weighted by molar-refractivity contribution is -0.136. The number of hydrogen-bond acceptors (Lipinski definition) is 3. The van der Waals surface area contributed by atoms with E-state index in [4.69, 9.17) is 5.11 Å². The molecule has 0 atom stereocenters. The summed E-state index contributed by atoms with van der Waals surface area (Å²) in [6.07, 6.45) is 0. The number of aromatic hydroxyl groups is 1. The number of anilines is 1. The van der Waals surface area contributed by atoms with Crippen molar-refractivity contribution < 1.29 is 14.7 Å². The van der Waals surface area contributed by atoms with Gasteiger partial charge in [0, 0.05) is 12.2 Å². The standard InChI is InChI=1S/C15H14N2O3/c18-13-8-6-12(7-9-13)17-15(20)14(19)16-10-11-4-2-1-3-5-11/h1-9,18H,10H2,(H,16,19)(H,17,20). The molecule has 0 fully saturated rings. The molecule has 0 aromatic heterocycles. The maximum atomic E-state index is 11.6. The Hall–Kier alpha value is -2.82. The van der Waals surface area contributed by atoms with E-state index in [1.54, 1.807) is 0 Å². The predicted molar refractivity (Wildman–Crippen MR) is 75.0 cm³/mol. The maximum absolute atomic E-state index is 11.6. The third-order valence-corrected chi connectivity index (χ3v) is 2.63. The van der Waals surface area contributed by atoms with Crippen LogP contribution in [0.2, 0.25) is 0 Å². The van der Waals surface area contributed by atoms with Crippen LogP contribution >= 0.6 is 0 Å². The molecule has 0 bridgehead atoms. The molecule has 0 aliphatic rings. The molecule has 0 saturated carbocycles. The van der Waals surface area contributed by atoms with Crippen LogP contribution in [0.15, 0.2) is 54.6 Å². The van der Waals surface area contributed by atoms with Gasteiger partial charge >= 0.3 is 11.8 Å². The van der Waals surface area contributed by atoms with E-state index in [-0.39, 0.29) is 5.75 Å². The summed E-state index contributed by atoms with van der Waals surface area (Å²) in [7, 11) is 0. The van der Waals surface area contributed by atoms with Crippen LogP contribution in [0, 0.1) is 0 Å². The van der Waals surface area contributed by atoms with E-state index in [1.165, 1.54) is 24.3 Å². The van der Waals surface area contributed by atoms with Crippen molar-refractivity contribution in [2.75, 3.05) is 5.32 Å². The second-order valence-electron chi connectivity index (χ2n) is 4.17. The van der Waals surface area contributed by atoms with Crippen LogP contribution in [-0.2, 0) is 16.1 Å². The van der Waals surface area contributed by atoms with Gasteiger partial charge in [-0.05, 0) is 29.8 Å². The Balaban J connectivity index is 1.86. The first-order chi connectivity index (χ1) is 9.65. The van der Waals surface area contributed by atoms with Crippen LogP contribution in [0.4, 0.5) is 5.69 Å². The predicted octanol–water partition coefficient (Wildman–Crippen LogP) is 1.65. The number of phenolic OH excluding ortho intramolecular Hbond substituents is 1. The van der Waals surface area contributed by atoms with Gasteiger partial charge in [0.2, 0.25) is 0 Å². The minimum atomic E-state index is -0.744. The Labute approximate surface area is 116 Å². The molecule has 0 aliphatic carbocycles. The van der Waals surface area contributed by atoms with Gasteiger partial charge in [0.15, 0.2) is 0 Å². The lowest BCUT2D eigenvalue weighted by atomic mass is 10.2. The van der Waals surface area contributed by atoms with Crippen LogP contribution < -0.4 is 10.6 Å². The Morgan fingerprint density at radius 1 is 0.900 bits per heavy atom. The van der Waals surface area contributed by atoms with Gasteiger partial charge in [0.05, 0.1) is 0 Å². The lowest BCUT2D eigenvalue weighted by Gasteiger charge is -2.06. The van der Waals surface area contributed by atoms with Crippen LogP contribution in [0.1, 0.15) is 5.56 Å². The number of rotatable bonds is 3. The van der Waals surface area contributed by atoms with Gasteiger partial charge in [-0.1, -0.05) is 30.3 Å². The van der Waals surface area contributed by atoms with Crippen molar-refractivity contribution in [3.8, 4) is 5.75 Å². The number of amides is 2. The third-order valence-electron chi connectivity index (χ3n) is 2.63. The Morgan fingerprint density at radius 2 is 1.55 bits per heavy atom. The van der Waals surface area contributed by atoms with Gasteiger partial charge in [-0.2, -0.15) is 0 Å². The first-order valence-corrected chi connectivity index (χ1v) is 6.07. The molecule has 2 amide bonds. The highest BCUT2D eigenvalue weighted by Gasteiger charge is 2.13. The molecule has 0 radical (unpaired) electrons. The SMILES string of the molecule is O=C(NCc1ccccc1)C(=O)Nc1ccc(O)cc1. The summed E-state index contributed by atoms with van der Waals surface area (Å²) in [4.78, 5) is 23.2. The van der Waals surface area contributed by atoms with Crippen molar-refractivity contribution in [2.45, 2.75) is 6.54 Å². The number of carbonyl (C=O) groups is 2. The molecular formula is C15H14N2O3. The smallest absolute Gasteiger partial charge is 0.313 e. The molecule has 20 heavy (non-hydrogen) atoms. The Morgan fingerprint density at radius 3 is 2.20 bits per heavy atom. The van der Waals surface area contributed by atoms with Crippen molar-refractivity contribution in [3.63, 3.8) is 0 Å². The molecule has 5 heteroatoms. The zero-order chi connectivity index (χ0) is 14.4. The zero-order valence-electron chi connectivity index (χ0n) is 10.7. The molecule has 0 spiro atoms. The summed E-state index contributed by atoms with van der Waals surface area (Å²) in [5.41, 5.74) is 1.36. The van der Waals surface area contributed by atoms with Crippen molar-refractivity contribution in [1.82, 2.24) is 5.32 Å². The van der Waals surface area contributed by atoms with Gasteiger partial charge < -0.3 is 15.7 Å². The van der Waals surface area contributed by atoms with Crippen LogP contribution in [0.25, 0.3) is 0 Å². The Kier molecular flexibility index (Phi) is 4.34. The largest absolute Gasteiger partial charge is 0.508 e. The molecule has 3 N–H and O–H groups in total. The van der Waals surface area contributed by atoms with E-state index in [1.807, 2.05) is 30.3 Å². The number of nitrogens with one attached hydrogen (secondary N) is 2. The van der Waals surface area contributed by atoms with Crippen molar-refractivity contribution in [3.05, 3.63) is 60.2 Å². The molecule has 2 aromatic carbocycles. The summed E-state index contributed by atoms with van der Waals surface area (Å²) >= 11 is 0. The fourth-order valence-corrected chi connectivity index (χ4v) is 1.59. The summed E-state index contributed by atoms with van der Waals surface area (Å²) in [5, 5.41) is 14.1. The molecule has 102 valence electrons. The van der Waals surface area contributed by atoms with Gasteiger partial charge in [0.1, 0.15) is 5.75 Å². The molecular weight excluding hydrogens is 256 g/mol. The summed E-state index contributed by atoms with van der Waals surface area (Å²) in [6.45, 7) is 0.294. The summed E-state index contributed by atoms with van der Waals surface area (Å²) in [5.74, 6) is -1.36. The van der Waals surface area contributed by atoms with Gasteiger partial charge in [-0.3, -0.25) is 9.59 Å². The number of benzene rings is 2. The molecule has 2 rings (SSSR count). The van der Waals surface area contributed by atoms with E-state index in [0.29, 0.717) is 12.2 Å². The van der Waals surface area contributed by atoms with E-state index < -0.39 is 11.8 Å². The number of phenols is 1. The average molecular weight is 270 g/mol. The van der Waals surface area contributed by atoms with Gasteiger partial charge in [-0.25, -0.2) is 0 Å². The molecule has 0 saturated heterocycles. The number of hydrogen-bond donors (Lipinski definition) is 3. The quantitative estimate of drug-likeness (QED) is 0.586. The highest BCUT2D eigenvalue weighted by Crippen LogP contribution is 2.13. The highest BCUT2D eigenvalue weighted by atomic mass is 16.3. The van der Waals surface area contributed by atoms with Crippen molar-refractivity contribution in [1.29, 1.82) is 0 Å². The van der Waals surface area contributed by atoms with E-state index in [0.717, 1.165) is 5.56 Å². The third kappa shape index (κ3) is 3.84. The molecule has 0 heterocycles. The monoisotopic (exact) mass is 270 g/mol. The zero-order valence-corrected chi connectivity index (χ0v) is 10.7. The second-order valence-corrected chi connectivity index (χ2v) is 4.17. The first-order valence-electron chi connectivity index (χ1n) is 6.07. The molecule has 2 aromatic rings. The summed E-state index contributed by atoms with van der Waals surface area (Å²) < 4.78 is 0. The average Bonchev–Trinajstić information content (AvgIpc) is 2.48. The fourth-order valence-electron chi connectivity index (χ4n) is 1.59. The van der Waals surface area contributed by atoms with E-state index in [9.17, 15) is 9.59 Å². The maximum Gasteiger partial charge on any atom is 0.313 e. The minimum absolute atomic E-state index is 0.0940. The fraction of sp³-hybridized carbons (Fsp3) is 0.0667. The topological polar surface area (TPSA) is 78.4 Å². The van der Waals surface area contributed by atoms with Gasteiger partial charge in [-0.15, -0.1) is 0 Å². The number of carbonyl (C=O) groups excluding carboxylic acids is 2. The van der Waals surface area contributed by atoms with E-state index in [2.05, 4.69) is 10.6 Å². The molecule has 5 nitrogen and oxygen atoms in total.